The van der Waals surface area contributed by atoms with Crippen LogP contribution in [0.2, 0.25) is 0 Å². The third kappa shape index (κ3) is 3.01. The molecule has 20 heavy (non-hydrogen) atoms. The van der Waals surface area contributed by atoms with Gasteiger partial charge in [0, 0.05) is 31.4 Å². The molecular formula is C14H23N5O. The first-order valence-corrected chi connectivity index (χ1v) is 7.04. The standard InChI is InChI=1S/C14H23N5O/c1-3-19-8-4-5-11(19)10-18(2)13-9-16-7-6-12(13)14(15)17-20/h6-7,9,11,20H,3-5,8,10H2,1-2H3,(H2,15,17). The zero-order chi connectivity index (χ0) is 14.5. The highest BCUT2D eigenvalue weighted by atomic mass is 16.4. The molecule has 110 valence electrons. The number of likely N-dealkylation sites (N-methyl/N-ethyl adjacent to an activating group) is 2. The van der Waals surface area contributed by atoms with Crippen molar-refractivity contribution in [2.24, 2.45) is 10.9 Å². The van der Waals surface area contributed by atoms with Gasteiger partial charge in [-0.05, 0) is 32.0 Å². The molecule has 2 heterocycles. The number of hydrogen-bond donors (Lipinski definition) is 2. The lowest BCUT2D eigenvalue weighted by atomic mass is 10.1. The molecule has 0 aromatic carbocycles. The zero-order valence-electron chi connectivity index (χ0n) is 12.2. The molecule has 0 bridgehead atoms. The molecule has 2 rings (SSSR count). The summed E-state index contributed by atoms with van der Waals surface area (Å²) in [6.45, 7) is 5.38. The molecule has 1 aliphatic heterocycles. The van der Waals surface area contributed by atoms with Crippen LogP contribution in [0.15, 0.2) is 23.6 Å². The van der Waals surface area contributed by atoms with Crippen LogP contribution in [0.4, 0.5) is 5.69 Å². The average Bonchev–Trinajstić information content (AvgIpc) is 2.93. The van der Waals surface area contributed by atoms with E-state index in [4.69, 9.17) is 10.9 Å². The van der Waals surface area contributed by atoms with E-state index in [1.165, 1.54) is 19.4 Å². The first kappa shape index (κ1) is 14.6. The van der Waals surface area contributed by atoms with E-state index in [-0.39, 0.29) is 5.84 Å². The summed E-state index contributed by atoms with van der Waals surface area (Å²) in [6, 6.07) is 2.33. The van der Waals surface area contributed by atoms with Crippen molar-refractivity contribution in [3.63, 3.8) is 0 Å². The lowest BCUT2D eigenvalue weighted by molar-refractivity contribution is 0.270. The van der Waals surface area contributed by atoms with Gasteiger partial charge in [0.25, 0.3) is 0 Å². The summed E-state index contributed by atoms with van der Waals surface area (Å²) < 4.78 is 0. The third-order valence-electron chi connectivity index (χ3n) is 3.98. The molecule has 1 fully saturated rings. The summed E-state index contributed by atoms with van der Waals surface area (Å²) in [4.78, 5) is 8.78. The number of nitrogens with two attached hydrogens (primary N) is 1. The number of hydrogen-bond acceptors (Lipinski definition) is 5. The van der Waals surface area contributed by atoms with E-state index in [9.17, 15) is 0 Å². The van der Waals surface area contributed by atoms with Gasteiger partial charge in [-0.2, -0.15) is 0 Å². The van der Waals surface area contributed by atoms with E-state index >= 15 is 0 Å². The molecule has 0 spiro atoms. The molecule has 3 N–H and O–H groups in total. The number of nitrogens with zero attached hydrogens (tertiary/aromatic N) is 4. The summed E-state index contributed by atoms with van der Waals surface area (Å²) in [7, 11) is 2.03. The fraction of sp³-hybridized carbons (Fsp3) is 0.571. The number of rotatable bonds is 5. The van der Waals surface area contributed by atoms with Crippen molar-refractivity contribution in [3.05, 3.63) is 24.0 Å². The monoisotopic (exact) mass is 277 g/mol. The van der Waals surface area contributed by atoms with Crippen LogP contribution in [-0.4, -0.2) is 53.7 Å². The number of anilines is 1. The van der Waals surface area contributed by atoms with Crippen LogP contribution >= 0.6 is 0 Å². The minimum atomic E-state index is 0.119. The molecule has 1 aliphatic rings. The molecule has 1 saturated heterocycles. The van der Waals surface area contributed by atoms with Crippen molar-refractivity contribution in [1.29, 1.82) is 0 Å². The Hall–Kier alpha value is -1.82. The maximum atomic E-state index is 8.87. The van der Waals surface area contributed by atoms with Gasteiger partial charge in [-0.3, -0.25) is 9.88 Å². The maximum absolute atomic E-state index is 8.87. The van der Waals surface area contributed by atoms with Gasteiger partial charge in [-0.25, -0.2) is 0 Å². The number of aromatic nitrogens is 1. The number of oxime groups is 1. The van der Waals surface area contributed by atoms with Crippen molar-refractivity contribution in [2.75, 3.05) is 31.6 Å². The Balaban J connectivity index is 2.15. The predicted octanol–water partition coefficient (Wildman–Crippen LogP) is 1.10. The highest BCUT2D eigenvalue weighted by molar-refractivity contribution is 6.01. The Morgan fingerprint density at radius 2 is 2.45 bits per heavy atom. The van der Waals surface area contributed by atoms with Crippen molar-refractivity contribution >= 4 is 11.5 Å². The molecule has 0 amide bonds. The van der Waals surface area contributed by atoms with Gasteiger partial charge >= 0.3 is 0 Å². The minimum Gasteiger partial charge on any atom is -0.409 e. The minimum absolute atomic E-state index is 0.119. The Kier molecular flexibility index (Phi) is 4.79. The van der Waals surface area contributed by atoms with Gasteiger partial charge in [0.15, 0.2) is 5.84 Å². The number of amidine groups is 1. The molecule has 6 heteroatoms. The average molecular weight is 277 g/mol. The van der Waals surface area contributed by atoms with Crippen LogP contribution in [0.25, 0.3) is 0 Å². The van der Waals surface area contributed by atoms with E-state index < -0.39 is 0 Å². The van der Waals surface area contributed by atoms with Crippen LogP contribution in [0.5, 0.6) is 0 Å². The van der Waals surface area contributed by atoms with Crippen LogP contribution < -0.4 is 10.6 Å². The quantitative estimate of drug-likeness (QED) is 0.365. The number of likely N-dealkylation sites (tertiary alicyclic amines) is 1. The van der Waals surface area contributed by atoms with Gasteiger partial charge in [-0.1, -0.05) is 12.1 Å². The molecular weight excluding hydrogens is 254 g/mol. The normalized spacial score (nSPS) is 20.3. The van der Waals surface area contributed by atoms with Crippen LogP contribution in [0.1, 0.15) is 25.3 Å². The first-order chi connectivity index (χ1) is 9.67. The van der Waals surface area contributed by atoms with E-state index in [0.29, 0.717) is 11.6 Å². The molecule has 0 saturated carbocycles. The first-order valence-electron chi connectivity index (χ1n) is 7.04. The van der Waals surface area contributed by atoms with E-state index in [1.807, 2.05) is 7.05 Å². The van der Waals surface area contributed by atoms with Crippen molar-refractivity contribution in [2.45, 2.75) is 25.8 Å². The molecule has 0 aliphatic carbocycles. The van der Waals surface area contributed by atoms with Gasteiger partial charge in [-0.15, -0.1) is 0 Å². The summed E-state index contributed by atoms with van der Waals surface area (Å²) in [5.41, 5.74) is 7.34. The lowest BCUT2D eigenvalue weighted by Gasteiger charge is -2.29. The van der Waals surface area contributed by atoms with Gasteiger partial charge in [0.2, 0.25) is 0 Å². The lowest BCUT2D eigenvalue weighted by Crippen LogP contribution is -2.39. The van der Waals surface area contributed by atoms with Gasteiger partial charge in [0.05, 0.1) is 11.9 Å². The molecule has 6 nitrogen and oxygen atoms in total. The summed E-state index contributed by atoms with van der Waals surface area (Å²) in [5, 5.41) is 12.0. The maximum Gasteiger partial charge on any atom is 0.172 e. The second kappa shape index (κ2) is 6.56. The second-order valence-corrected chi connectivity index (χ2v) is 5.18. The summed E-state index contributed by atoms with van der Waals surface area (Å²) in [6.07, 6.45) is 5.89. The Bertz CT molecular complexity index is 476. The third-order valence-corrected chi connectivity index (χ3v) is 3.98. The van der Waals surface area contributed by atoms with E-state index in [1.54, 1.807) is 18.5 Å². The van der Waals surface area contributed by atoms with Gasteiger partial charge < -0.3 is 15.8 Å². The molecule has 1 unspecified atom stereocenters. The van der Waals surface area contributed by atoms with Crippen LogP contribution in [0, 0.1) is 0 Å². The van der Waals surface area contributed by atoms with Crippen LogP contribution in [-0.2, 0) is 0 Å². The topological polar surface area (TPSA) is 78.0 Å². The Morgan fingerprint density at radius 1 is 1.65 bits per heavy atom. The molecule has 1 aromatic rings. The summed E-state index contributed by atoms with van der Waals surface area (Å²) >= 11 is 0. The largest absolute Gasteiger partial charge is 0.409 e. The predicted molar refractivity (Wildman–Crippen MR) is 80.3 cm³/mol. The van der Waals surface area contributed by atoms with Crippen LogP contribution in [0.3, 0.4) is 0 Å². The van der Waals surface area contributed by atoms with E-state index in [2.05, 4.69) is 26.9 Å². The SMILES string of the molecule is CCN1CCCC1CN(C)c1cnccc1/C(N)=N/O. The fourth-order valence-corrected chi connectivity index (χ4v) is 2.89. The zero-order valence-corrected chi connectivity index (χ0v) is 12.2. The highest BCUT2D eigenvalue weighted by Crippen LogP contribution is 2.22. The van der Waals surface area contributed by atoms with E-state index in [0.717, 1.165) is 18.8 Å². The second-order valence-electron chi connectivity index (χ2n) is 5.18. The van der Waals surface area contributed by atoms with Crippen molar-refractivity contribution in [1.82, 2.24) is 9.88 Å². The molecule has 1 atom stereocenters. The molecule has 1 aromatic heterocycles. The Morgan fingerprint density at radius 3 is 3.15 bits per heavy atom. The molecule has 0 radical (unpaired) electrons. The van der Waals surface area contributed by atoms with Gasteiger partial charge in [0.1, 0.15) is 0 Å². The smallest absolute Gasteiger partial charge is 0.172 e. The van der Waals surface area contributed by atoms with Crippen molar-refractivity contribution < 1.29 is 5.21 Å². The number of pyridine rings is 1. The van der Waals surface area contributed by atoms with Crippen molar-refractivity contribution in [3.8, 4) is 0 Å². The fourth-order valence-electron chi connectivity index (χ4n) is 2.89. The Labute approximate surface area is 119 Å². The highest BCUT2D eigenvalue weighted by Gasteiger charge is 2.25. The summed E-state index contributed by atoms with van der Waals surface area (Å²) in [5.74, 6) is 0.119.